The van der Waals surface area contributed by atoms with E-state index in [0.717, 1.165) is 9.13 Å². The van der Waals surface area contributed by atoms with Crippen molar-refractivity contribution in [2.45, 2.75) is 0 Å². The largest absolute Gasteiger partial charge is 0.422 e. The lowest BCUT2D eigenvalue weighted by molar-refractivity contribution is -0.130. The van der Waals surface area contributed by atoms with Crippen LogP contribution in [0.1, 0.15) is 5.56 Å². The highest BCUT2D eigenvalue weighted by molar-refractivity contribution is 14.1. The molecule has 0 saturated heterocycles. The maximum absolute atomic E-state index is 11.8. The molecule has 0 aromatic heterocycles. The Morgan fingerprint density at radius 2 is 1.68 bits per heavy atom. The smallest absolute Gasteiger partial charge is 0.359 e. The van der Waals surface area contributed by atoms with Crippen LogP contribution in [0.25, 0.3) is 6.08 Å². The Hall–Kier alpha value is -1.82. The Morgan fingerprint density at radius 3 is 2.32 bits per heavy atom. The molecule has 2 aromatic rings. The lowest BCUT2D eigenvalue weighted by Gasteiger charge is -2.04. The average molecular weight is 365 g/mol. The molecule has 0 spiro atoms. The fourth-order valence-electron chi connectivity index (χ4n) is 1.46. The molecule has 0 unspecified atom stereocenters. The van der Waals surface area contributed by atoms with Crippen LogP contribution >= 0.6 is 22.6 Å². The summed E-state index contributed by atoms with van der Waals surface area (Å²) in [5.41, 5.74) is 6.65. The van der Waals surface area contributed by atoms with Crippen molar-refractivity contribution in [2.24, 2.45) is 5.73 Å². The van der Waals surface area contributed by atoms with E-state index in [-0.39, 0.29) is 5.70 Å². The normalized spacial score (nSPS) is 11.1. The van der Waals surface area contributed by atoms with Gasteiger partial charge in [0, 0.05) is 3.57 Å². The molecule has 0 aliphatic rings. The first-order chi connectivity index (χ1) is 9.15. The Morgan fingerprint density at radius 1 is 1.05 bits per heavy atom. The van der Waals surface area contributed by atoms with Gasteiger partial charge in [-0.25, -0.2) is 4.79 Å². The first kappa shape index (κ1) is 13.6. The third kappa shape index (κ3) is 4.10. The third-order valence-electron chi connectivity index (χ3n) is 2.38. The molecule has 0 bridgehead atoms. The Kier molecular flexibility index (Phi) is 4.57. The second-order valence-corrected chi connectivity index (χ2v) is 5.10. The van der Waals surface area contributed by atoms with E-state index in [1.54, 1.807) is 18.2 Å². The number of hydrogen-bond acceptors (Lipinski definition) is 3. The van der Waals surface area contributed by atoms with Crippen LogP contribution in [0, 0.1) is 3.57 Å². The van der Waals surface area contributed by atoms with E-state index in [0.29, 0.717) is 5.75 Å². The van der Waals surface area contributed by atoms with Crippen molar-refractivity contribution in [1.82, 2.24) is 0 Å². The molecule has 0 atom stereocenters. The van der Waals surface area contributed by atoms with Crippen molar-refractivity contribution >= 4 is 34.6 Å². The van der Waals surface area contributed by atoms with Gasteiger partial charge >= 0.3 is 5.97 Å². The second kappa shape index (κ2) is 6.38. The number of benzene rings is 2. The highest BCUT2D eigenvalue weighted by atomic mass is 127. The summed E-state index contributed by atoms with van der Waals surface area (Å²) in [4.78, 5) is 11.8. The highest BCUT2D eigenvalue weighted by Gasteiger charge is 2.08. The molecule has 0 aliphatic heterocycles. The van der Waals surface area contributed by atoms with Crippen LogP contribution < -0.4 is 10.5 Å². The fourth-order valence-corrected chi connectivity index (χ4v) is 1.82. The number of carbonyl (C=O) groups excluding carboxylic acids is 1. The van der Waals surface area contributed by atoms with Crippen molar-refractivity contribution in [3.8, 4) is 5.75 Å². The number of hydrogen-bond donors (Lipinski definition) is 1. The van der Waals surface area contributed by atoms with E-state index < -0.39 is 5.97 Å². The van der Waals surface area contributed by atoms with Gasteiger partial charge in [0.05, 0.1) is 0 Å². The predicted molar refractivity (Wildman–Crippen MR) is 83.4 cm³/mol. The van der Waals surface area contributed by atoms with Crippen molar-refractivity contribution in [3.05, 3.63) is 69.4 Å². The minimum Gasteiger partial charge on any atom is -0.422 e. The fraction of sp³-hybridized carbons (Fsp3) is 0. The molecule has 0 heterocycles. The molecule has 2 N–H and O–H groups in total. The second-order valence-electron chi connectivity index (χ2n) is 3.85. The van der Waals surface area contributed by atoms with Gasteiger partial charge in [-0.2, -0.15) is 0 Å². The zero-order valence-electron chi connectivity index (χ0n) is 10.0. The molecule has 0 fully saturated rings. The summed E-state index contributed by atoms with van der Waals surface area (Å²) in [7, 11) is 0. The number of esters is 1. The number of rotatable bonds is 3. The first-order valence-corrected chi connectivity index (χ1v) is 6.73. The predicted octanol–water partition coefficient (Wildman–Crippen LogP) is 3.20. The highest BCUT2D eigenvalue weighted by Crippen LogP contribution is 2.14. The Labute approximate surface area is 125 Å². The van der Waals surface area contributed by atoms with E-state index in [2.05, 4.69) is 22.6 Å². The van der Waals surface area contributed by atoms with Gasteiger partial charge in [0.15, 0.2) is 0 Å². The lowest BCUT2D eigenvalue weighted by Crippen LogP contribution is -2.17. The Balaban J connectivity index is 2.07. The van der Waals surface area contributed by atoms with Crippen LogP contribution in [0.4, 0.5) is 0 Å². The van der Waals surface area contributed by atoms with Crippen LogP contribution in [-0.2, 0) is 4.79 Å². The van der Waals surface area contributed by atoms with E-state index in [1.807, 2.05) is 42.5 Å². The van der Waals surface area contributed by atoms with Crippen molar-refractivity contribution < 1.29 is 9.53 Å². The number of ether oxygens (including phenoxy) is 1. The van der Waals surface area contributed by atoms with Gasteiger partial charge < -0.3 is 10.5 Å². The molecule has 2 rings (SSSR count). The zero-order valence-corrected chi connectivity index (χ0v) is 12.2. The summed E-state index contributed by atoms with van der Waals surface area (Å²) < 4.78 is 6.24. The van der Waals surface area contributed by atoms with E-state index in [9.17, 15) is 4.79 Å². The maximum atomic E-state index is 11.8. The first-order valence-electron chi connectivity index (χ1n) is 5.65. The molecule has 96 valence electrons. The van der Waals surface area contributed by atoms with Crippen LogP contribution in [0.2, 0.25) is 0 Å². The topological polar surface area (TPSA) is 52.3 Å². The zero-order chi connectivity index (χ0) is 13.7. The van der Waals surface area contributed by atoms with E-state index in [4.69, 9.17) is 10.5 Å². The standard InChI is InChI=1S/C15H12INO2/c16-12-6-8-13(9-7-12)19-15(18)14(17)10-11-4-2-1-3-5-11/h1-10H,17H2. The SMILES string of the molecule is NC(=Cc1ccccc1)C(=O)Oc1ccc(I)cc1. The molecular weight excluding hydrogens is 353 g/mol. The van der Waals surface area contributed by atoms with Gasteiger partial charge in [0.2, 0.25) is 0 Å². The van der Waals surface area contributed by atoms with Crippen molar-refractivity contribution in [2.75, 3.05) is 0 Å². The van der Waals surface area contributed by atoms with Crippen molar-refractivity contribution in [3.63, 3.8) is 0 Å². The quantitative estimate of drug-likeness (QED) is 0.393. The van der Waals surface area contributed by atoms with Gasteiger partial charge in [0.25, 0.3) is 0 Å². The Bertz CT molecular complexity index is 591. The summed E-state index contributed by atoms with van der Waals surface area (Å²) in [5, 5.41) is 0. The number of nitrogens with two attached hydrogens (primary N) is 1. The summed E-state index contributed by atoms with van der Waals surface area (Å²) >= 11 is 2.18. The van der Waals surface area contributed by atoms with Crippen molar-refractivity contribution in [1.29, 1.82) is 0 Å². The summed E-state index contributed by atoms with van der Waals surface area (Å²) in [6.45, 7) is 0. The molecule has 4 heteroatoms. The number of halogens is 1. The summed E-state index contributed by atoms with van der Waals surface area (Å²) in [6.07, 6.45) is 1.59. The lowest BCUT2D eigenvalue weighted by atomic mass is 10.2. The molecule has 0 saturated carbocycles. The van der Waals surface area contributed by atoms with Gasteiger partial charge in [-0.15, -0.1) is 0 Å². The summed E-state index contributed by atoms with van der Waals surface area (Å²) in [6, 6.07) is 16.6. The molecule has 2 aromatic carbocycles. The van der Waals surface area contributed by atoms with Gasteiger partial charge in [-0.3, -0.25) is 0 Å². The van der Waals surface area contributed by atoms with Crippen LogP contribution in [0.3, 0.4) is 0 Å². The third-order valence-corrected chi connectivity index (χ3v) is 3.10. The molecule has 0 aliphatic carbocycles. The minimum absolute atomic E-state index is 0.0738. The molecule has 19 heavy (non-hydrogen) atoms. The van der Waals surface area contributed by atoms with Gasteiger partial charge in [0.1, 0.15) is 11.4 Å². The summed E-state index contributed by atoms with van der Waals surface area (Å²) in [5.74, 6) is -0.0695. The molecule has 0 radical (unpaired) electrons. The van der Waals surface area contributed by atoms with Gasteiger partial charge in [-0.1, -0.05) is 30.3 Å². The average Bonchev–Trinajstić information content (AvgIpc) is 2.42. The monoisotopic (exact) mass is 365 g/mol. The van der Waals surface area contributed by atoms with Gasteiger partial charge in [-0.05, 0) is 58.5 Å². The maximum Gasteiger partial charge on any atom is 0.359 e. The van der Waals surface area contributed by atoms with Crippen LogP contribution in [0.5, 0.6) is 5.75 Å². The van der Waals surface area contributed by atoms with Crippen LogP contribution in [-0.4, -0.2) is 5.97 Å². The molecule has 0 amide bonds. The molecule has 3 nitrogen and oxygen atoms in total. The van der Waals surface area contributed by atoms with E-state index >= 15 is 0 Å². The number of carbonyl (C=O) groups is 1. The minimum atomic E-state index is -0.551. The van der Waals surface area contributed by atoms with E-state index in [1.165, 1.54) is 0 Å². The molecular formula is C15H12INO2. The van der Waals surface area contributed by atoms with Crippen LogP contribution in [0.15, 0.2) is 60.3 Å².